The van der Waals surface area contributed by atoms with Gasteiger partial charge in [-0.2, -0.15) is 0 Å². The fourth-order valence-electron chi connectivity index (χ4n) is 4.91. The molecule has 44 heavy (non-hydrogen) atoms. The number of carbonyl (C=O) groups excluding carboxylic acids is 1. The minimum absolute atomic E-state index is 0.0346. The quantitative estimate of drug-likeness (QED) is 0.128. The molecule has 0 radical (unpaired) electrons. The molecule has 5 aromatic rings. The molecule has 0 aliphatic rings. The van der Waals surface area contributed by atoms with E-state index in [1.54, 1.807) is 36.3 Å². The number of rotatable bonds is 9. The Kier molecular flexibility index (Phi) is 10.3. The fraction of sp³-hybridized carbons (Fsp3) is 0.188. The second-order valence-corrected chi connectivity index (χ2v) is 9.78. The van der Waals surface area contributed by atoms with Crippen LogP contribution in [0.2, 0.25) is 0 Å². The summed E-state index contributed by atoms with van der Waals surface area (Å²) in [6, 6.07) is 14.2. The average molecular weight is 598 g/mol. The molecule has 2 aromatic carbocycles. The predicted octanol–water partition coefficient (Wildman–Crippen LogP) is 3.30. The third-order valence-electron chi connectivity index (χ3n) is 6.95. The Morgan fingerprint density at radius 2 is 1.82 bits per heavy atom. The van der Waals surface area contributed by atoms with Crippen molar-refractivity contribution in [2.75, 3.05) is 26.0 Å². The first-order valence-electron chi connectivity index (χ1n) is 13.9. The summed E-state index contributed by atoms with van der Waals surface area (Å²) < 4.78 is 17.4. The molecule has 0 atom stereocenters. The van der Waals surface area contributed by atoms with E-state index < -0.39 is 5.56 Å². The number of nitrogens with two attached hydrogens (primary N) is 2. The number of aromatic nitrogens is 4. The van der Waals surface area contributed by atoms with Gasteiger partial charge in [-0.3, -0.25) is 25.0 Å². The average Bonchev–Trinajstić information content (AvgIpc) is 3.36. The van der Waals surface area contributed by atoms with Crippen molar-refractivity contribution in [1.29, 1.82) is 0 Å². The van der Waals surface area contributed by atoms with Gasteiger partial charge in [-0.1, -0.05) is 30.3 Å². The number of benzene rings is 2. The molecule has 12 heteroatoms. The second-order valence-electron chi connectivity index (χ2n) is 9.78. The van der Waals surface area contributed by atoms with Gasteiger partial charge in [-0.05, 0) is 74.5 Å². The van der Waals surface area contributed by atoms with E-state index in [1.165, 1.54) is 19.2 Å². The molecule has 0 saturated carbocycles. The number of carbonyl (C=O) groups is 1. The zero-order valence-electron chi connectivity index (χ0n) is 25.1. The number of hydrazine groups is 1. The lowest BCUT2D eigenvalue weighted by Crippen LogP contribution is -2.32. The monoisotopic (exact) mass is 597 g/mol. The van der Waals surface area contributed by atoms with Crippen LogP contribution < -0.4 is 33.2 Å². The minimum Gasteiger partial charge on any atom is -0.333 e. The van der Waals surface area contributed by atoms with Gasteiger partial charge in [0.05, 0.1) is 48.1 Å². The number of likely N-dealkylation sites (N-methyl/N-ethyl adjacent to an activating group) is 1. The maximum Gasteiger partial charge on any atom is 0.294 e. The lowest BCUT2D eigenvalue weighted by Gasteiger charge is -2.16. The van der Waals surface area contributed by atoms with Crippen molar-refractivity contribution < 1.29 is 9.18 Å². The molecule has 0 aliphatic heterocycles. The molecule has 3 heterocycles. The van der Waals surface area contributed by atoms with Crippen molar-refractivity contribution in [3.63, 3.8) is 0 Å². The molecule has 3 aromatic heterocycles. The SMILES string of the molecule is C/C=C(\NN)c1ccc(-c2cnc(NC(=O)CNC)c(=O)n2Cc2cncc(-n3cc(C)c4cc(F)ccc43)c2)cc1.CN. The molecule has 0 saturated heterocycles. The smallest absolute Gasteiger partial charge is 0.294 e. The summed E-state index contributed by atoms with van der Waals surface area (Å²) in [6.45, 7) is 4.00. The Morgan fingerprint density at radius 3 is 2.50 bits per heavy atom. The van der Waals surface area contributed by atoms with Gasteiger partial charge in [-0.15, -0.1) is 0 Å². The van der Waals surface area contributed by atoms with Crippen LogP contribution in [0.15, 0.2) is 84.2 Å². The van der Waals surface area contributed by atoms with Crippen LogP contribution in [0.4, 0.5) is 10.2 Å². The van der Waals surface area contributed by atoms with Crippen molar-refractivity contribution in [3.05, 3.63) is 112 Å². The summed E-state index contributed by atoms with van der Waals surface area (Å²) in [7, 11) is 3.14. The van der Waals surface area contributed by atoms with Gasteiger partial charge >= 0.3 is 0 Å². The summed E-state index contributed by atoms with van der Waals surface area (Å²) in [5, 5.41) is 6.17. The number of amides is 1. The highest BCUT2D eigenvalue weighted by Crippen LogP contribution is 2.26. The van der Waals surface area contributed by atoms with Gasteiger partial charge in [0.2, 0.25) is 5.91 Å². The number of anilines is 1. The summed E-state index contributed by atoms with van der Waals surface area (Å²) >= 11 is 0. The molecule has 5 rings (SSSR count). The third kappa shape index (κ3) is 6.73. The molecule has 11 nitrogen and oxygen atoms in total. The molecule has 228 valence electrons. The standard InChI is InChI=1S/C31H31FN8O2.CH5N/c1-4-26(38-33)21-5-7-22(8-6-21)28-15-36-30(37-29(41)16-34-3)31(42)40(28)18-20-11-24(14-35-13-20)39-17-19(2)25-12-23(32)9-10-27(25)39;1-2/h4-15,17,34,38H,16,18,33H2,1-3H3,(H,36,37,41);2H2,1H3/b26-4-;. The van der Waals surface area contributed by atoms with Crippen LogP contribution in [0.5, 0.6) is 0 Å². The molecule has 0 aliphatic carbocycles. The maximum absolute atomic E-state index is 13.9. The number of nitrogens with one attached hydrogen (secondary N) is 3. The predicted molar refractivity (Wildman–Crippen MR) is 172 cm³/mol. The van der Waals surface area contributed by atoms with Crippen LogP contribution in [-0.2, 0) is 11.3 Å². The summed E-state index contributed by atoms with van der Waals surface area (Å²) in [5.74, 6) is 4.88. The van der Waals surface area contributed by atoms with Gasteiger partial charge in [0, 0.05) is 17.8 Å². The lowest BCUT2D eigenvalue weighted by atomic mass is 10.1. The van der Waals surface area contributed by atoms with E-state index >= 15 is 0 Å². The number of aryl methyl sites for hydroxylation is 1. The topological polar surface area (TPSA) is 158 Å². The van der Waals surface area contributed by atoms with E-state index in [4.69, 9.17) is 5.84 Å². The summed E-state index contributed by atoms with van der Waals surface area (Å²) in [4.78, 5) is 34.7. The molecule has 1 amide bonds. The van der Waals surface area contributed by atoms with Gasteiger partial charge in [0.1, 0.15) is 5.82 Å². The summed E-state index contributed by atoms with van der Waals surface area (Å²) in [6.07, 6.45) is 8.76. The largest absolute Gasteiger partial charge is 0.333 e. The van der Waals surface area contributed by atoms with Crippen LogP contribution in [0.1, 0.15) is 23.6 Å². The number of halogens is 1. The van der Waals surface area contributed by atoms with Crippen molar-refractivity contribution in [2.24, 2.45) is 11.6 Å². The Balaban J connectivity index is 0.00000216. The van der Waals surface area contributed by atoms with Crippen LogP contribution in [-0.4, -0.2) is 45.6 Å². The third-order valence-corrected chi connectivity index (χ3v) is 6.95. The Morgan fingerprint density at radius 1 is 1.07 bits per heavy atom. The molecular weight excluding hydrogens is 561 g/mol. The van der Waals surface area contributed by atoms with Crippen molar-refractivity contribution in [2.45, 2.75) is 20.4 Å². The fourth-order valence-corrected chi connectivity index (χ4v) is 4.91. The first-order valence-corrected chi connectivity index (χ1v) is 13.9. The van der Waals surface area contributed by atoms with E-state index in [2.05, 4.69) is 31.8 Å². The maximum atomic E-state index is 13.9. The molecule has 0 spiro atoms. The van der Waals surface area contributed by atoms with Crippen molar-refractivity contribution in [3.8, 4) is 16.9 Å². The van der Waals surface area contributed by atoms with E-state index in [0.717, 1.165) is 44.5 Å². The second kappa shape index (κ2) is 14.3. The van der Waals surface area contributed by atoms with Gasteiger partial charge in [-0.25, -0.2) is 9.37 Å². The zero-order chi connectivity index (χ0) is 31.8. The number of fused-ring (bicyclic) bond motifs is 1. The van der Waals surface area contributed by atoms with Crippen LogP contribution >= 0.6 is 0 Å². The van der Waals surface area contributed by atoms with Crippen LogP contribution in [0.3, 0.4) is 0 Å². The van der Waals surface area contributed by atoms with Crippen LogP contribution in [0.25, 0.3) is 33.5 Å². The normalized spacial score (nSPS) is 11.2. The lowest BCUT2D eigenvalue weighted by molar-refractivity contribution is -0.115. The highest BCUT2D eigenvalue weighted by Gasteiger charge is 2.16. The Hall–Kier alpha value is -5.17. The van der Waals surface area contributed by atoms with E-state index in [0.29, 0.717) is 5.69 Å². The summed E-state index contributed by atoms with van der Waals surface area (Å²) in [5.41, 5.74) is 13.0. The first kappa shape index (κ1) is 31.8. The molecule has 0 fully saturated rings. The Labute approximate surface area is 254 Å². The van der Waals surface area contributed by atoms with E-state index in [1.807, 2.05) is 61.0 Å². The first-order chi connectivity index (χ1) is 21.3. The zero-order valence-corrected chi connectivity index (χ0v) is 25.1. The van der Waals surface area contributed by atoms with Gasteiger partial charge in [0.25, 0.3) is 5.56 Å². The van der Waals surface area contributed by atoms with E-state index in [-0.39, 0.29) is 30.6 Å². The van der Waals surface area contributed by atoms with Crippen molar-refractivity contribution >= 4 is 28.3 Å². The minimum atomic E-state index is -0.457. The number of hydrogen-bond donors (Lipinski definition) is 5. The number of allylic oxidation sites excluding steroid dienone is 1. The molecular formula is C32H36FN9O2. The number of pyridine rings is 1. The number of nitrogens with zero attached hydrogens (tertiary/aromatic N) is 4. The molecule has 0 unspecified atom stereocenters. The van der Waals surface area contributed by atoms with Crippen LogP contribution in [0, 0.1) is 12.7 Å². The molecule has 7 N–H and O–H groups in total. The van der Waals surface area contributed by atoms with E-state index in [9.17, 15) is 14.0 Å². The highest BCUT2D eigenvalue weighted by molar-refractivity contribution is 5.91. The Bertz CT molecular complexity index is 1860. The van der Waals surface area contributed by atoms with Crippen molar-refractivity contribution in [1.82, 2.24) is 29.8 Å². The van der Waals surface area contributed by atoms with Gasteiger partial charge < -0.3 is 26.4 Å². The number of hydrogen-bond acceptors (Lipinski definition) is 8. The molecule has 0 bridgehead atoms. The highest BCUT2D eigenvalue weighted by atomic mass is 19.1. The van der Waals surface area contributed by atoms with Gasteiger partial charge in [0.15, 0.2) is 5.82 Å².